The van der Waals surface area contributed by atoms with Crippen molar-refractivity contribution < 1.29 is 30.5 Å². The number of alkyl halides is 3. The van der Waals surface area contributed by atoms with Crippen LogP contribution in [-0.4, -0.2) is 27.7 Å². The second kappa shape index (κ2) is 5.45. The summed E-state index contributed by atoms with van der Waals surface area (Å²) < 4.78 is 83.9. The van der Waals surface area contributed by atoms with Gasteiger partial charge < -0.3 is 5.73 Å². The minimum atomic E-state index is -4.91. The van der Waals surface area contributed by atoms with Crippen LogP contribution in [0, 0.1) is 5.82 Å². The van der Waals surface area contributed by atoms with Crippen LogP contribution in [0.25, 0.3) is 5.69 Å². The summed E-state index contributed by atoms with van der Waals surface area (Å²) in [5, 5.41) is 3.03. The SMILES string of the molecule is CCc1cc(F)c(-n2nc(C(F)(F)F)nc2N)cc1S(=O)(=O)O. The lowest BCUT2D eigenvalue weighted by Gasteiger charge is -2.10. The van der Waals surface area contributed by atoms with Crippen LogP contribution < -0.4 is 5.73 Å². The van der Waals surface area contributed by atoms with Crippen molar-refractivity contribution >= 4 is 16.1 Å². The average molecular weight is 354 g/mol. The third-order valence-electron chi connectivity index (χ3n) is 2.90. The van der Waals surface area contributed by atoms with E-state index in [2.05, 4.69) is 10.1 Å². The van der Waals surface area contributed by atoms with Crippen LogP contribution in [0.15, 0.2) is 17.0 Å². The molecule has 0 spiro atoms. The standard InChI is InChI=1S/C11H10F4N4O3S/c1-2-5-3-6(12)7(4-8(5)23(20,21)22)19-10(16)17-9(18-19)11(13,14)15/h3-4H,2H2,1H3,(H2,16,17,18)(H,20,21,22). The lowest BCUT2D eigenvalue weighted by molar-refractivity contribution is -0.144. The second-order valence-corrected chi connectivity index (χ2v) is 5.83. The normalized spacial score (nSPS) is 12.6. The van der Waals surface area contributed by atoms with Crippen LogP contribution in [0.3, 0.4) is 0 Å². The molecule has 12 heteroatoms. The Bertz CT molecular complexity index is 861. The molecule has 1 aromatic heterocycles. The van der Waals surface area contributed by atoms with Gasteiger partial charge in [-0.25, -0.2) is 4.39 Å². The van der Waals surface area contributed by atoms with Crippen molar-refractivity contribution in [3.05, 3.63) is 29.3 Å². The Morgan fingerprint density at radius 3 is 2.39 bits per heavy atom. The number of hydrogen-bond acceptors (Lipinski definition) is 5. The molecule has 0 bridgehead atoms. The molecule has 0 aliphatic carbocycles. The number of halogens is 4. The van der Waals surface area contributed by atoms with Crippen molar-refractivity contribution in [1.82, 2.24) is 14.8 Å². The van der Waals surface area contributed by atoms with Crippen LogP contribution in [0.1, 0.15) is 18.3 Å². The molecule has 1 heterocycles. The molecule has 0 amide bonds. The molecule has 2 aromatic rings. The van der Waals surface area contributed by atoms with Gasteiger partial charge in [-0.3, -0.25) is 4.55 Å². The summed E-state index contributed by atoms with van der Waals surface area (Å²) in [7, 11) is -4.72. The molecule has 0 aliphatic heterocycles. The van der Waals surface area contributed by atoms with E-state index in [0.717, 1.165) is 6.07 Å². The number of anilines is 1. The molecule has 1 aromatic carbocycles. The first-order valence-corrected chi connectivity index (χ1v) is 7.49. The third-order valence-corrected chi connectivity index (χ3v) is 3.84. The molecular weight excluding hydrogens is 344 g/mol. The fourth-order valence-corrected chi connectivity index (χ4v) is 2.68. The van der Waals surface area contributed by atoms with E-state index in [4.69, 9.17) is 10.3 Å². The first-order valence-electron chi connectivity index (χ1n) is 6.05. The molecule has 0 aliphatic rings. The monoisotopic (exact) mass is 354 g/mol. The fourth-order valence-electron chi connectivity index (χ4n) is 1.88. The Kier molecular flexibility index (Phi) is 4.07. The van der Waals surface area contributed by atoms with Gasteiger partial charge in [-0.1, -0.05) is 6.92 Å². The Morgan fingerprint density at radius 1 is 1.35 bits per heavy atom. The molecule has 0 saturated heterocycles. The number of benzene rings is 1. The van der Waals surface area contributed by atoms with Crippen LogP contribution in [0.5, 0.6) is 0 Å². The van der Waals surface area contributed by atoms with E-state index >= 15 is 0 Å². The zero-order valence-corrected chi connectivity index (χ0v) is 12.3. The maximum Gasteiger partial charge on any atom is 0.453 e. The number of aryl methyl sites for hydroxylation is 1. The molecule has 7 nitrogen and oxygen atoms in total. The van der Waals surface area contributed by atoms with Crippen LogP contribution >= 0.6 is 0 Å². The fraction of sp³-hybridized carbons (Fsp3) is 0.273. The molecule has 0 unspecified atom stereocenters. The number of aromatic nitrogens is 3. The molecule has 2 rings (SSSR count). The van der Waals surface area contributed by atoms with Crippen molar-refractivity contribution in [1.29, 1.82) is 0 Å². The minimum Gasteiger partial charge on any atom is -0.368 e. The lowest BCUT2D eigenvalue weighted by atomic mass is 10.1. The van der Waals surface area contributed by atoms with Gasteiger partial charge in [0.15, 0.2) is 0 Å². The van der Waals surface area contributed by atoms with Gasteiger partial charge in [0.25, 0.3) is 15.9 Å². The number of nitrogens with zero attached hydrogens (tertiary/aromatic N) is 3. The lowest BCUT2D eigenvalue weighted by Crippen LogP contribution is -2.11. The topological polar surface area (TPSA) is 111 Å². The van der Waals surface area contributed by atoms with E-state index in [1.165, 1.54) is 6.92 Å². The van der Waals surface area contributed by atoms with Crippen molar-refractivity contribution in [3.63, 3.8) is 0 Å². The third kappa shape index (κ3) is 3.27. The largest absolute Gasteiger partial charge is 0.453 e. The molecule has 23 heavy (non-hydrogen) atoms. The van der Waals surface area contributed by atoms with Gasteiger partial charge in [-0.15, -0.1) is 5.10 Å². The summed E-state index contributed by atoms with van der Waals surface area (Å²) in [6, 6.07) is 1.42. The first kappa shape index (κ1) is 17.1. The van der Waals surface area contributed by atoms with E-state index in [-0.39, 0.29) is 12.0 Å². The van der Waals surface area contributed by atoms with Crippen molar-refractivity contribution in [2.75, 3.05) is 5.73 Å². The first-order chi connectivity index (χ1) is 10.4. The van der Waals surface area contributed by atoms with Gasteiger partial charge in [0.2, 0.25) is 5.95 Å². The maximum absolute atomic E-state index is 14.1. The van der Waals surface area contributed by atoms with E-state index < -0.39 is 44.5 Å². The Balaban J connectivity index is 2.72. The zero-order valence-electron chi connectivity index (χ0n) is 11.5. The van der Waals surface area contributed by atoms with Crippen LogP contribution in [0.2, 0.25) is 0 Å². The van der Waals surface area contributed by atoms with Gasteiger partial charge in [-0.2, -0.15) is 31.3 Å². The summed E-state index contributed by atoms with van der Waals surface area (Å²) in [5.41, 5.74) is 4.54. The minimum absolute atomic E-state index is 0.0523. The van der Waals surface area contributed by atoms with E-state index in [1.807, 2.05) is 0 Å². The van der Waals surface area contributed by atoms with E-state index in [0.29, 0.717) is 10.7 Å². The highest BCUT2D eigenvalue weighted by atomic mass is 32.2. The molecule has 0 saturated carbocycles. The van der Waals surface area contributed by atoms with Gasteiger partial charge >= 0.3 is 6.18 Å². The summed E-state index contributed by atoms with van der Waals surface area (Å²) in [4.78, 5) is 2.31. The molecular formula is C11H10F4N4O3S. The van der Waals surface area contributed by atoms with Gasteiger partial charge in [0, 0.05) is 0 Å². The Hall–Kier alpha value is -2.21. The molecule has 3 N–H and O–H groups in total. The van der Waals surface area contributed by atoms with Crippen molar-refractivity contribution in [3.8, 4) is 5.69 Å². The predicted octanol–water partition coefficient (Wildman–Crippen LogP) is 1.82. The van der Waals surface area contributed by atoms with E-state index in [9.17, 15) is 26.0 Å². The quantitative estimate of drug-likeness (QED) is 0.642. The highest BCUT2D eigenvalue weighted by Crippen LogP contribution is 2.29. The number of nitrogen functional groups attached to an aromatic ring is 1. The Morgan fingerprint density at radius 2 is 1.96 bits per heavy atom. The highest BCUT2D eigenvalue weighted by Gasteiger charge is 2.37. The number of nitrogens with two attached hydrogens (primary N) is 1. The predicted molar refractivity (Wildman–Crippen MR) is 69.9 cm³/mol. The maximum atomic E-state index is 14.1. The highest BCUT2D eigenvalue weighted by molar-refractivity contribution is 7.85. The van der Waals surface area contributed by atoms with Gasteiger partial charge in [-0.05, 0) is 24.1 Å². The van der Waals surface area contributed by atoms with Crippen molar-refractivity contribution in [2.24, 2.45) is 0 Å². The van der Waals surface area contributed by atoms with Gasteiger partial charge in [0.1, 0.15) is 11.5 Å². The zero-order chi connectivity index (χ0) is 17.6. The Labute approximate surface area is 127 Å². The number of hydrogen-bond donors (Lipinski definition) is 2. The molecule has 0 radical (unpaired) electrons. The van der Waals surface area contributed by atoms with Crippen LogP contribution in [-0.2, 0) is 22.7 Å². The van der Waals surface area contributed by atoms with E-state index in [1.54, 1.807) is 0 Å². The molecule has 0 atom stereocenters. The number of rotatable bonds is 3. The van der Waals surface area contributed by atoms with Crippen LogP contribution in [0.4, 0.5) is 23.5 Å². The summed E-state index contributed by atoms with van der Waals surface area (Å²) in [6.45, 7) is 1.51. The molecule has 126 valence electrons. The average Bonchev–Trinajstić information content (AvgIpc) is 2.79. The van der Waals surface area contributed by atoms with Crippen molar-refractivity contribution in [2.45, 2.75) is 24.4 Å². The van der Waals surface area contributed by atoms with Gasteiger partial charge in [0.05, 0.1) is 4.90 Å². The molecule has 0 fully saturated rings. The summed E-state index contributed by atoms with van der Waals surface area (Å²) in [5.74, 6) is -3.47. The smallest absolute Gasteiger partial charge is 0.368 e. The summed E-state index contributed by atoms with van der Waals surface area (Å²) >= 11 is 0. The summed E-state index contributed by atoms with van der Waals surface area (Å²) in [6.07, 6.45) is -4.85. The second-order valence-electron chi connectivity index (χ2n) is 4.44.